The summed E-state index contributed by atoms with van der Waals surface area (Å²) in [6.07, 6.45) is 1.51. The van der Waals surface area contributed by atoms with E-state index in [9.17, 15) is 4.39 Å². The second kappa shape index (κ2) is 4.88. The Kier molecular flexibility index (Phi) is 3.30. The summed E-state index contributed by atoms with van der Waals surface area (Å²) in [6.45, 7) is -0.187. The Morgan fingerprint density at radius 2 is 2.18 bits per heavy atom. The fourth-order valence-electron chi connectivity index (χ4n) is 1.47. The number of benzene rings is 1. The molecule has 0 radical (unpaired) electrons. The fourth-order valence-corrected chi connectivity index (χ4v) is 1.47. The van der Waals surface area contributed by atoms with E-state index in [0.717, 1.165) is 0 Å². The van der Waals surface area contributed by atoms with Crippen LogP contribution in [0.5, 0.6) is 5.75 Å². The molecular formula is C12H11FN2O2. The summed E-state index contributed by atoms with van der Waals surface area (Å²) in [5.74, 6) is 0.424. The van der Waals surface area contributed by atoms with E-state index in [2.05, 4.69) is 9.97 Å². The minimum atomic E-state index is -0.390. The van der Waals surface area contributed by atoms with Crippen LogP contribution in [0.2, 0.25) is 0 Å². The Hall–Kier alpha value is -2.01. The summed E-state index contributed by atoms with van der Waals surface area (Å²) < 4.78 is 18.3. The number of halogens is 1. The minimum Gasteiger partial charge on any atom is -0.496 e. The van der Waals surface area contributed by atoms with E-state index in [1.54, 1.807) is 6.07 Å². The molecule has 0 unspecified atom stereocenters. The maximum absolute atomic E-state index is 13.2. The molecule has 0 atom stereocenters. The molecule has 0 spiro atoms. The van der Waals surface area contributed by atoms with E-state index in [4.69, 9.17) is 9.84 Å². The van der Waals surface area contributed by atoms with Gasteiger partial charge in [-0.3, -0.25) is 0 Å². The van der Waals surface area contributed by atoms with Gasteiger partial charge < -0.3 is 9.84 Å². The molecule has 1 aromatic carbocycles. The Balaban J connectivity index is 2.54. The van der Waals surface area contributed by atoms with Gasteiger partial charge in [0.05, 0.1) is 25.0 Å². The molecule has 0 aliphatic heterocycles. The number of aliphatic hydroxyl groups is 1. The Morgan fingerprint density at radius 3 is 2.88 bits per heavy atom. The van der Waals surface area contributed by atoms with Gasteiger partial charge >= 0.3 is 0 Å². The van der Waals surface area contributed by atoms with Crippen molar-refractivity contribution in [2.75, 3.05) is 7.11 Å². The molecule has 0 saturated heterocycles. The number of methoxy groups -OCH3 is 1. The molecule has 1 aromatic heterocycles. The van der Waals surface area contributed by atoms with Crippen LogP contribution < -0.4 is 4.74 Å². The number of ether oxygens (including phenoxy) is 1. The molecule has 0 fully saturated rings. The van der Waals surface area contributed by atoms with E-state index in [1.165, 1.54) is 31.5 Å². The molecule has 0 amide bonds. The van der Waals surface area contributed by atoms with Gasteiger partial charge in [-0.05, 0) is 24.3 Å². The van der Waals surface area contributed by atoms with Gasteiger partial charge in [0.25, 0.3) is 0 Å². The van der Waals surface area contributed by atoms with Gasteiger partial charge in [0.15, 0.2) is 5.82 Å². The van der Waals surface area contributed by atoms with E-state index >= 15 is 0 Å². The maximum Gasteiger partial charge on any atom is 0.163 e. The van der Waals surface area contributed by atoms with Crippen molar-refractivity contribution >= 4 is 0 Å². The normalized spacial score (nSPS) is 10.3. The Bertz CT molecular complexity index is 532. The maximum atomic E-state index is 13.2. The van der Waals surface area contributed by atoms with Crippen molar-refractivity contribution in [2.45, 2.75) is 6.61 Å². The second-order valence-electron chi connectivity index (χ2n) is 3.37. The number of hydrogen-bond acceptors (Lipinski definition) is 4. The third-order valence-electron chi connectivity index (χ3n) is 2.28. The summed E-state index contributed by atoms with van der Waals surface area (Å²) in [6, 6.07) is 5.71. The zero-order valence-electron chi connectivity index (χ0n) is 9.22. The Morgan fingerprint density at radius 1 is 1.35 bits per heavy atom. The van der Waals surface area contributed by atoms with Crippen molar-refractivity contribution in [3.63, 3.8) is 0 Å². The van der Waals surface area contributed by atoms with E-state index in [0.29, 0.717) is 22.8 Å². The van der Waals surface area contributed by atoms with Gasteiger partial charge in [0, 0.05) is 6.20 Å². The first-order valence-electron chi connectivity index (χ1n) is 5.01. The third-order valence-corrected chi connectivity index (χ3v) is 2.28. The lowest BCUT2D eigenvalue weighted by Gasteiger charge is -2.07. The zero-order valence-corrected chi connectivity index (χ0v) is 9.22. The van der Waals surface area contributed by atoms with E-state index in [-0.39, 0.29) is 12.4 Å². The van der Waals surface area contributed by atoms with E-state index < -0.39 is 0 Å². The molecule has 2 aromatic rings. The highest BCUT2D eigenvalue weighted by molar-refractivity contribution is 5.64. The standard InChI is InChI=1S/C12H11FN2O2/c1-17-11-3-2-8(13)6-10(11)12-14-5-4-9(7-16)15-12/h2-6,16H,7H2,1H3. The lowest BCUT2D eigenvalue weighted by Crippen LogP contribution is -1.97. The Labute approximate surface area is 97.7 Å². The third kappa shape index (κ3) is 2.39. The first kappa shape index (κ1) is 11.5. The molecular weight excluding hydrogens is 223 g/mol. The predicted molar refractivity (Wildman–Crippen MR) is 59.9 cm³/mol. The van der Waals surface area contributed by atoms with Gasteiger partial charge in [0.1, 0.15) is 11.6 Å². The van der Waals surface area contributed by atoms with Crippen LogP contribution in [-0.4, -0.2) is 22.2 Å². The summed E-state index contributed by atoms with van der Waals surface area (Å²) in [5.41, 5.74) is 0.934. The summed E-state index contributed by atoms with van der Waals surface area (Å²) >= 11 is 0. The van der Waals surface area contributed by atoms with Crippen LogP contribution >= 0.6 is 0 Å². The molecule has 0 bridgehead atoms. The lowest BCUT2D eigenvalue weighted by molar-refractivity contribution is 0.277. The van der Waals surface area contributed by atoms with Crippen molar-refractivity contribution in [1.29, 1.82) is 0 Å². The second-order valence-corrected chi connectivity index (χ2v) is 3.37. The highest BCUT2D eigenvalue weighted by Gasteiger charge is 2.10. The number of hydrogen-bond donors (Lipinski definition) is 1. The van der Waals surface area contributed by atoms with Crippen molar-refractivity contribution in [3.05, 3.63) is 42.0 Å². The number of rotatable bonds is 3. The van der Waals surface area contributed by atoms with Crippen molar-refractivity contribution in [1.82, 2.24) is 9.97 Å². The van der Waals surface area contributed by atoms with Gasteiger partial charge in [-0.2, -0.15) is 0 Å². The lowest BCUT2D eigenvalue weighted by atomic mass is 10.1. The molecule has 4 nitrogen and oxygen atoms in total. The molecule has 0 aliphatic rings. The van der Waals surface area contributed by atoms with Crippen LogP contribution in [0.3, 0.4) is 0 Å². The first-order valence-corrected chi connectivity index (χ1v) is 5.01. The van der Waals surface area contributed by atoms with E-state index in [1.807, 2.05) is 0 Å². The first-order chi connectivity index (χ1) is 8.24. The van der Waals surface area contributed by atoms with Crippen molar-refractivity contribution in [3.8, 4) is 17.1 Å². The van der Waals surface area contributed by atoms with Crippen molar-refractivity contribution < 1.29 is 14.2 Å². The summed E-state index contributed by atoms with van der Waals surface area (Å²) in [5, 5.41) is 8.99. The molecule has 0 aliphatic carbocycles. The summed E-state index contributed by atoms with van der Waals surface area (Å²) in [4.78, 5) is 8.14. The fraction of sp³-hybridized carbons (Fsp3) is 0.167. The number of aromatic nitrogens is 2. The van der Waals surface area contributed by atoms with Gasteiger partial charge in [-0.25, -0.2) is 14.4 Å². The van der Waals surface area contributed by atoms with Crippen LogP contribution in [0, 0.1) is 5.82 Å². The monoisotopic (exact) mass is 234 g/mol. The van der Waals surface area contributed by atoms with Crippen molar-refractivity contribution in [2.24, 2.45) is 0 Å². The quantitative estimate of drug-likeness (QED) is 0.879. The van der Waals surface area contributed by atoms with Crippen LogP contribution in [0.1, 0.15) is 5.69 Å². The smallest absolute Gasteiger partial charge is 0.163 e. The largest absolute Gasteiger partial charge is 0.496 e. The molecule has 5 heteroatoms. The van der Waals surface area contributed by atoms with Gasteiger partial charge in [-0.15, -0.1) is 0 Å². The van der Waals surface area contributed by atoms with Crippen LogP contribution in [0.25, 0.3) is 11.4 Å². The van der Waals surface area contributed by atoms with Crippen LogP contribution in [0.15, 0.2) is 30.5 Å². The number of nitrogens with zero attached hydrogens (tertiary/aromatic N) is 2. The number of aliphatic hydroxyl groups excluding tert-OH is 1. The average molecular weight is 234 g/mol. The van der Waals surface area contributed by atoms with Gasteiger partial charge in [-0.1, -0.05) is 0 Å². The molecule has 1 heterocycles. The molecule has 1 N–H and O–H groups in total. The predicted octanol–water partition coefficient (Wildman–Crippen LogP) is 1.78. The molecule has 88 valence electrons. The molecule has 2 rings (SSSR count). The zero-order chi connectivity index (χ0) is 12.3. The molecule has 17 heavy (non-hydrogen) atoms. The molecule has 0 saturated carbocycles. The SMILES string of the molecule is COc1ccc(F)cc1-c1nccc(CO)n1. The highest BCUT2D eigenvalue weighted by atomic mass is 19.1. The van der Waals surface area contributed by atoms with Gasteiger partial charge in [0.2, 0.25) is 0 Å². The van der Waals surface area contributed by atoms with Crippen LogP contribution in [0.4, 0.5) is 4.39 Å². The summed E-state index contributed by atoms with van der Waals surface area (Å²) in [7, 11) is 1.49. The average Bonchev–Trinajstić information content (AvgIpc) is 2.39. The van der Waals surface area contributed by atoms with Crippen LogP contribution in [-0.2, 0) is 6.61 Å². The topological polar surface area (TPSA) is 55.2 Å². The minimum absolute atomic E-state index is 0.187. The highest BCUT2D eigenvalue weighted by Crippen LogP contribution is 2.27.